The van der Waals surface area contributed by atoms with Crippen molar-refractivity contribution >= 4 is 11.6 Å². The Balaban J connectivity index is 0. The predicted octanol–water partition coefficient (Wildman–Crippen LogP) is -0.856. The molecule has 9 heavy (non-hydrogen) atoms. The Morgan fingerprint density at radius 2 is 2.00 bits per heavy atom. The zero-order chi connectivity index (χ0) is 5.11. The normalized spacial score (nSPS) is 6.78. The summed E-state index contributed by atoms with van der Waals surface area (Å²) in [7, 11) is 0. The smallest absolute Gasteiger partial charge is 0.0484 e. The largest absolute Gasteiger partial charge is 1.00 e. The van der Waals surface area contributed by atoms with Gasteiger partial charge in [-0.3, -0.25) is 0 Å². The Bertz CT molecular complexity index is 143. The number of hydrogen-bond donors (Lipinski definition) is 0. The molecule has 0 spiro atoms. The summed E-state index contributed by atoms with van der Waals surface area (Å²) in [5.74, 6) is 0. The SMILES string of the molecule is Clc1[c]cccc1.[I-].[Yb]. The molecule has 0 amide bonds. The van der Waals surface area contributed by atoms with E-state index >= 15 is 0 Å². The van der Waals surface area contributed by atoms with E-state index in [-0.39, 0.29) is 70.9 Å². The minimum atomic E-state index is 0. The van der Waals surface area contributed by atoms with Crippen molar-refractivity contribution in [2.24, 2.45) is 0 Å². The van der Waals surface area contributed by atoms with Gasteiger partial charge in [-0.15, -0.1) is 0 Å². The second kappa shape index (κ2) is 7.86. The van der Waals surface area contributed by atoms with Crippen molar-refractivity contribution in [3.05, 3.63) is 35.4 Å². The van der Waals surface area contributed by atoms with Crippen molar-refractivity contribution in [1.82, 2.24) is 0 Å². The van der Waals surface area contributed by atoms with E-state index in [1.807, 2.05) is 12.1 Å². The molecule has 0 unspecified atom stereocenters. The molecule has 57 valence electrons. The Morgan fingerprint density at radius 3 is 2.22 bits per heavy atom. The molecule has 0 aromatic heterocycles. The second-order valence-corrected chi connectivity index (χ2v) is 1.62. The molecule has 1 rings (SSSR count). The molecule has 0 saturated heterocycles. The van der Waals surface area contributed by atoms with E-state index in [9.17, 15) is 0 Å². The molecule has 1 aromatic rings. The third-order valence-corrected chi connectivity index (χ3v) is 0.906. The van der Waals surface area contributed by atoms with Crippen LogP contribution in [0.2, 0.25) is 5.02 Å². The van der Waals surface area contributed by atoms with Gasteiger partial charge in [0.25, 0.3) is 0 Å². The van der Waals surface area contributed by atoms with Crippen LogP contribution in [0.25, 0.3) is 0 Å². The van der Waals surface area contributed by atoms with Crippen LogP contribution < -0.4 is 24.0 Å². The van der Waals surface area contributed by atoms with Gasteiger partial charge in [0.15, 0.2) is 0 Å². The maximum Gasteiger partial charge on any atom is 0.0484 e. The molecular weight excluding hydrogens is 407 g/mol. The van der Waals surface area contributed by atoms with Crippen LogP contribution in [0.4, 0.5) is 0 Å². The average molecular weight is 411 g/mol. The van der Waals surface area contributed by atoms with Gasteiger partial charge in [0, 0.05) is 58.0 Å². The fraction of sp³-hybridized carbons (Fsp3) is 0. The van der Waals surface area contributed by atoms with Crippen LogP contribution in [0.5, 0.6) is 0 Å². The monoisotopic (exact) mass is 412 g/mol. The van der Waals surface area contributed by atoms with E-state index in [1.54, 1.807) is 12.1 Å². The maximum atomic E-state index is 5.48. The Hall–Kier alpha value is 1.76. The van der Waals surface area contributed by atoms with Gasteiger partial charge in [-0.05, 0) is 6.07 Å². The molecule has 0 N–H and O–H groups in total. The first-order chi connectivity index (χ1) is 3.39. The Labute approximate surface area is 116 Å². The minimum absolute atomic E-state index is 0. The Morgan fingerprint density at radius 1 is 1.33 bits per heavy atom. The van der Waals surface area contributed by atoms with E-state index < -0.39 is 0 Å². The van der Waals surface area contributed by atoms with Gasteiger partial charge in [-0.2, -0.15) is 0 Å². The van der Waals surface area contributed by atoms with Gasteiger partial charge in [0.1, 0.15) is 0 Å². The maximum absolute atomic E-state index is 5.48. The first-order valence-corrected chi connectivity index (χ1v) is 2.39. The zero-order valence-electron chi connectivity index (χ0n) is 4.33. The predicted molar refractivity (Wildman–Crippen MR) is 30.3 cm³/mol. The van der Waals surface area contributed by atoms with Gasteiger partial charge in [0.2, 0.25) is 0 Å². The third kappa shape index (κ3) is 6.17. The summed E-state index contributed by atoms with van der Waals surface area (Å²) in [5.41, 5.74) is 0. The molecule has 0 bridgehead atoms. The molecule has 0 aliphatic rings. The summed E-state index contributed by atoms with van der Waals surface area (Å²) in [6, 6.07) is 10.1. The molecule has 0 fully saturated rings. The molecule has 0 heterocycles. The Kier molecular flexibility index (Phi) is 11.7. The van der Waals surface area contributed by atoms with Crippen molar-refractivity contribution in [3.63, 3.8) is 0 Å². The molecule has 0 atom stereocenters. The molecule has 3 heteroatoms. The van der Waals surface area contributed by atoms with Gasteiger partial charge in [0.05, 0.1) is 0 Å². The van der Waals surface area contributed by atoms with Crippen LogP contribution in [0, 0.1) is 53.0 Å². The van der Waals surface area contributed by atoms with Crippen LogP contribution in [0.15, 0.2) is 24.3 Å². The number of rotatable bonds is 0. The summed E-state index contributed by atoms with van der Waals surface area (Å²) in [6.07, 6.45) is 0. The number of halogens is 2. The van der Waals surface area contributed by atoms with E-state index in [1.165, 1.54) is 0 Å². The molecule has 0 aliphatic carbocycles. The first-order valence-electron chi connectivity index (χ1n) is 2.02. The molecule has 1 radical (unpaired) electrons. The summed E-state index contributed by atoms with van der Waals surface area (Å²) in [5, 5.41) is 0.669. The summed E-state index contributed by atoms with van der Waals surface area (Å²) < 4.78 is 0. The van der Waals surface area contributed by atoms with E-state index in [4.69, 9.17) is 11.6 Å². The number of hydrogen-bond acceptors (Lipinski definition) is 0. The molecule has 1 aromatic carbocycles. The van der Waals surface area contributed by atoms with Crippen LogP contribution in [0.1, 0.15) is 0 Å². The standard InChI is InChI=1S/C6H4Cl.HI.Yb/c7-6-4-2-1-3-5-6;;/h1-4H;1H;/p-1. The zero-order valence-corrected chi connectivity index (χ0v) is 8.96. The summed E-state index contributed by atoms with van der Waals surface area (Å²) >= 11 is 5.48. The average Bonchev–Trinajstić information content (AvgIpc) is 1.69. The van der Waals surface area contributed by atoms with Crippen molar-refractivity contribution < 1.29 is 70.9 Å². The van der Waals surface area contributed by atoms with Crippen molar-refractivity contribution in [2.45, 2.75) is 0 Å². The van der Waals surface area contributed by atoms with E-state index in [2.05, 4.69) is 6.07 Å². The molecule has 0 nitrogen and oxygen atoms in total. The number of benzene rings is 1. The molecule has 0 aliphatic heterocycles. The van der Waals surface area contributed by atoms with E-state index in [0.29, 0.717) is 5.02 Å². The molecule has 0 saturated carbocycles. The van der Waals surface area contributed by atoms with Gasteiger partial charge >= 0.3 is 0 Å². The first kappa shape index (κ1) is 13.4. The van der Waals surface area contributed by atoms with Crippen LogP contribution >= 0.6 is 11.6 Å². The second-order valence-electron chi connectivity index (χ2n) is 1.21. The van der Waals surface area contributed by atoms with E-state index in [0.717, 1.165) is 0 Å². The topological polar surface area (TPSA) is 0 Å². The molecular formula is C6H4ClIYb-. The van der Waals surface area contributed by atoms with Gasteiger partial charge in [-0.1, -0.05) is 29.8 Å². The van der Waals surface area contributed by atoms with Crippen molar-refractivity contribution in [3.8, 4) is 0 Å². The van der Waals surface area contributed by atoms with Crippen molar-refractivity contribution in [2.75, 3.05) is 0 Å². The fourth-order valence-electron chi connectivity index (χ4n) is 0.371. The van der Waals surface area contributed by atoms with Crippen molar-refractivity contribution in [1.29, 1.82) is 0 Å². The fourth-order valence-corrected chi connectivity index (χ4v) is 0.507. The third-order valence-electron chi connectivity index (χ3n) is 0.671. The van der Waals surface area contributed by atoms with Crippen LogP contribution in [-0.2, 0) is 0 Å². The summed E-state index contributed by atoms with van der Waals surface area (Å²) in [6.45, 7) is 0. The van der Waals surface area contributed by atoms with Gasteiger partial charge < -0.3 is 24.0 Å². The minimum Gasteiger partial charge on any atom is -1.00 e. The summed E-state index contributed by atoms with van der Waals surface area (Å²) in [4.78, 5) is 0. The van der Waals surface area contributed by atoms with Crippen LogP contribution in [0.3, 0.4) is 0 Å². The quantitative estimate of drug-likeness (QED) is 0.488. The van der Waals surface area contributed by atoms with Gasteiger partial charge in [-0.25, -0.2) is 0 Å². The van der Waals surface area contributed by atoms with Crippen LogP contribution in [-0.4, -0.2) is 0 Å².